The maximum absolute atomic E-state index is 13.3. The Morgan fingerprint density at radius 2 is 2.00 bits per heavy atom. The van der Waals surface area contributed by atoms with Crippen molar-refractivity contribution in [1.29, 1.82) is 0 Å². The Hall–Kier alpha value is -3.46. The Balaban J connectivity index is 1.60. The predicted molar refractivity (Wildman–Crippen MR) is 110 cm³/mol. The van der Waals surface area contributed by atoms with Crippen LogP contribution in [0.2, 0.25) is 0 Å². The first-order valence-electron chi connectivity index (χ1n) is 10.3. The molecule has 0 atom stereocenters. The standard InChI is InChI=1S/C22H24N4O5/c1-2-30-13-12-25(14-17-10-11-18(31-17)22(28)29)21(27)19-23-20(15-8-9-15)26(24-19)16-6-4-3-5-7-16/h3-7,10-11,15H,2,8-9,12-14H2,1H3,(H,28,29). The highest BCUT2D eigenvalue weighted by atomic mass is 16.5. The van der Waals surface area contributed by atoms with Gasteiger partial charge in [-0.1, -0.05) is 18.2 Å². The van der Waals surface area contributed by atoms with E-state index >= 15 is 0 Å². The van der Waals surface area contributed by atoms with Gasteiger partial charge in [0.15, 0.2) is 0 Å². The van der Waals surface area contributed by atoms with Gasteiger partial charge in [0.2, 0.25) is 11.6 Å². The van der Waals surface area contributed by atoms with Crippen LogP contribution in [0.25, 0.3) is 5.69 Å². The van der Waals surface area contributed by atoms with E-state index in [-0.39, 0.29) is 24.0 Å². The highest BCUT2D eigenvalue weighted by Crippen LogP contribution is 2.39. The second-order valence-corrected chi connectivity index (χ2v) is 7.31. The highest BCUT2D eigenvalue weighted by Gasteiger charge is 2.32. The monoisotopic (exact) mass is 424 g/mol. The molecule has 1 N–H and O–H groups in total. The molecule has 2 aromatic heterocycles. The lowest BCUT2D eigenvalue weighted by Gasteiger charge is -2.20. The summed E-state index contributed by atoms with van der Waals surface area (Å²) >= 11 is 0. The summed E-state index contributed by atoms with van der Waals surface area (Å²) in [4.78, 5) is 30.5. The largest absolute Gasteiger partial charge is 0.475 e. The summed E-state index contributed by atoms with van der Waals surface area (Å²) in [5.74, 6) is -0.130. The van der Waals surface area contributed by atoms with E-state index in [0.29, 0.717) is 31.4 Å². The Morgan fingerprint density at radius 3 is 2.65 bits per heavy atom. The third-order valence-corrected chi connectivity index (χ3v) is 4.98. The average Bonchev–Trinajstić information content (AvgIpc) is 3.34. The van der Waals surface area contributed by atoms with Gasteiger partial charge in [-0.05, 0) is 44.0 Å². The minimum Gasteiger partial charge on any atom is -0.475 e. The minimum atomic E-state index is -1.16. The third-order valence-electron chi connectivity index (χ3n) is 4.98. The molecule has 4 rings (SSSR count). The van der Waals surface area contributed by atoms with Crippen molar-refractivity contribution < 1.29 is 23.8 Å². The molecule has 31 heavy (non-hydrogen) atoms. The highest BCUT2D eigenvalue weighted by molar-refractivity contribution is 5.90. The predicted octanol–water partition coefficient (Wildman–Crippen LogP) is 3.11. The summed E-state index contributed by atoms with van der Waals surface area (Å²) in [5.41, 5.74) is 0.856. The van der Waals surface area contributed by atoms with Crippen LogP contribution in [-0.4, -0.2) is 56.4 Å². The van der Waals surface area contributed by atoms with Crippen molar-refractivity contribution in [2.24, 2.45) is 0 Å². The number of carboxylic acids is 1. The van der Waals surface area contributed by atoms with Crippen molar-refractivity contribution in [2.75, 3.05) is 19.8 Å². The zero-order valence-electron chi connectivity index (χ0n) is 17.2. The van der Waals surface area contributed by atoms with Crippen LogP contribution >= 0.6 is 0 Å². The van der Waals surface area contributed by atoms with Crippen molar-refractivity contribution >= 4 is 11.9 Å². The molecule has 9 heteroatoms. The first kappa shape index (κ1) is 20.8. The summed E-state index contributed by atoms with van der Waals surface area (Å²) in [6.45, 7) is 3.14. The molecule has 3 aromatic rings. The number of amides is 1. The number of ether oxygens (including phenoxy) is 1. The van der Waals surface area contributed by atoms with Gasteiger partial charge in [-0.2, -0.15) is 0 Å². The third kappa shape index (κ3) is 4.83. The zero-order valence-corrected chi connectivity index (χ0v) is 17.2. The van der Waals surface area contributed by atoms with Crippen LogP contribution in [0, 0.1) is 0 Å². The molecular formula is C22H24N4O5. The number of benzene rings is 1. The molecule has 0 aliphatic heterocycles. The number of para-hydroxylation sites is 1. The molecule has 0 radical (unpaired) electrons. The van der Waals surface area contributed by atoms with E-state index in [2.05, 4.69) is 10.1 Å². The fourth-order valence-electron chi connectivity index (χ4n) is 3.26. The fraction of sp³-hybridized carbons (Fsp3) is 0.364. The Labute approximate surface area is 179 Å². The number of carbonyl (C=O) groups is 2. The Bertz CT molecular complexity index is 1060. The van der Waals surface area contributed by atoms with E-state index in [1.54, 1.807) is 10.7 Å². The van der Waals surface area contributed by atoms with Crippen molar-refractivity contribution in [3.63, 3.8) is 0 Å². The number of hydrogen-bond acceptors (Lipinski definition) is 6. The number of carbonyl (C=O) groups excluding carboxylic acids is 1. The average molecular weight is 424 g/mol. The summed E-state index contributed by atoms with van der Waals surface area (Å²) in [5, 5.41) is 13.6. The number of aromatic carboxylic acids is 1. The van der Waals surface area contributed by atoms with E-state index < -0.39 is 5.97 Å². The van der Waals surface area contributed by atoms with Gasteiger partial charge in [-0.25, -0.2) is 14.5 Å². The minimum absolute atomic E-state index is 0.0951. The van der Waals surface area contributed by atoms with E-state index in [4.69, 9.17) is 14.3 Å². The Morgan fingerprint density at radius 1 is 1.23 bits per heavy atom. The topological polar surface area (TPSA) is 111 Å². The van der Waals surface area contributed by atoms with Crippen molar-refractivity contribution in [3.8, 4) is 5.69 Å². The molecule has 9 nitrogen and oxygen atoms in total. The van der Waals surface area contributed by atoms with Gasteiger partial charge in [-0.3, -0.25) is 4.79 Å². The molecule has 1 saturated carbocycles. The van der Waals surface area contributed by atoms with Gasteiger partial charge in [0.05, 0.1) is 18.8 Å². The maximum atomic E-state index is 13.3. The van der Waals surface area contributed by atoms with Gasteiger partial charge in [-0.15, -0.1) is 5.10 Å². The van der Waals surface area contributed by atoms with E-state index in [9.17, 15) is 9.59 Å². The van der Waals surface area contributed by atoms with Crippen LogP contribution in [0.4, 0.5) is 0 Å². The SMILES string of the molecule is CCOCCN(Cc1ccc(C(=O)O)o1)C(=O)c1nc(C2CC2)n(-c2ccccc2)n1. The van der Waals surface area contributed by atoms with Gasteiger partial charge in [0.25, 0.3) is 5.91 Å². The number of rotatable bonds is 10. The molecule has 1 fully saturated rings. The first-order valence-corrected chi connectivity index (χ1v) is 10.3. The van der Waals surface area contributed by atoms with E-state index in [1.807, 2.05) is 37.3 Å². The van der Waals surface area contributed by atoms with Crippen molar-refractivity contribution in [3.05, 3.63) is 65.6 Å². The van der Waals surface area contributed by atoms with Gasteiger partial charge in [0.1, 0.15) is 11.6 Å². The molecule has 2 heterocycles. The fourth-order valence-corrected chi connectivity index (χ4v) is 3.26. The van der Waals surface area contributed by atoms with E-state index in [0.717, 1.165) is 24.4 Å². The normalized spacial score (nSPS) is 13.3. The quantitative estimate of drug-likeness (QED) is 0.498. The molecule has 1 aliphatic rings. The number of nitrogens with zero attached hydrogens (tertiary/aromatic N) is 4. The van der Waals surface area contributed by atoms with Gasteiger partial charge in [0, 0.05) is 19.1 Å². The van der Waals surface area contributed by atoms with E-state index in [1.165, 1.54) is 11.0 Å². The maximum Gasteiger partial charge on any atom is 0.371 e. The molecular weight excluding hydrogens is 400 g/mol. The van der Waals surface area contributed by atoms with Crippen LogP contribution < -0.4 is 0 Å². The first-order chi connectivity index (χ1) is 15.1. The number of furan rings is 1. The molecule has 162 valence electrons. The van der Waals surface area contributed by atoms with Crippen LogP contribution in [0.15, 0.2) is 46.9 Å². The summed E-state index contributed by atoms with van der Waals surface area (Å²) < 4.78 is 12.5. The number of aromatic nitrogens is 3. The van der Waals surface area contributed by atoms with Gasteiger partial charge >= 0.3 is 5.97 Å². The van der Waals surface area contributed by atoms with Crippen molar-refractivity contribution in [1.82, 2.24) is 19.7 Å². The summed E-state index contributed by atoms with van der Waals surface area (Å²) in [6, 6.07) is 12.5. The molecule has 0 saturated heterocycles. The smallest absolute Gasteiger partial charge is 0.371 e. The van der Waals surface area contributed by atoms with Crippen LogP contribution in [0.1, 0.15) is 58.4 Å². The molecule has 0 spiro atoms. The van der Waals surface area contributed by atoms with Crippen molar-refractivity contribution in [2.45, 2.75) is 32.2 Å². The summed E-state index contributed by atoms with van der Waals surface area (Å²) in [7, 11) is 0. The number of hydrogen-bond donors (Lipinski definition) is 1. The lowest BCUT2D eigenvalue weighted by molar-refractivity contribution is 0.0607. The second-order valence-electron chi connectivity index (χ2n) is 7.31. The molecule has 1 aliphatic carbocycles. The molecule has 1 amide bonds. The lowest BCUT2D eigenvalue weighted by Crippen LogP contribution is -2.34. The Kier molecular flexibility index (Phi) is 6.13. The number of carboxylic acid groups (broad SMARTS) is 1. The van der Waals surface area contributed by atoms with Gasteiger partial charge < -0.3 is 19.2 Å². The van der Waals surface area contributed by atoms with Crippen LogP contribution in [-0.2, 0) is 11.3 Å². The molecule has 0 unspecified atom stereocenters. The molecule has 1 aromatic carbocycles. The molecule has 0 bridgehead atoms. The zero-order chi connectivity index (χ0) is 21.8. The summed E-state index contributed by atoms with van der Waals surface area (Å²) in [6.07, 6.45) is 2.05. The van der Waals surface area contributed by atoms with Crippen LogP contribution in [0.3, 0.4) is 0 Å². The lowest BCUT2D eigenvalue weighted by atomic mass is 10.3. The second kappa shape index (κ2) is 9.13. The van der Waals surface area contributed by atoms with Crippen LogP contribution in [0.5, 0.6) is 0 Å².